The lowest BCUT2D eigenvalue weighted by Gasteiger charge is -2.40. The standard InChI is InChI=1S/C39H47N5O7/c1-51-35-20-31(30(26-6-7-26)19-34(35)44(49)50)27-4-2-24(3-5-27)25-13-15-41(16-14-25)21-23-12-17-42(22-23)28-8-9-29-32(18-28)39(48)43(38(29)47)33-10-11-36(45)40-37(33)46/h8-9,18-20,23-27,33H,2-7,10-17,21-22H2,1H3,(H,40,45,46). The normalized spacial score (nSPS) is 27.5. The van der Waals surface area contributed by atoms with Crippen LogP contribution >= 0.6 is 0 Å². The van der Waals surface area contributed by atoms with Crippen molar-refractivity contribution in [3.63, 3.8) is 0 Å². The van der Waals surface area contributed by atoms with Gasteiger partial charge in [-0.05, 0) is 142 Å². The molecule has 12 nitrogen and oxygen atoms in total. The maximum Gasteiger partial charge on any atom is 0.311 e. The van der Waals surface area contributed by atoms with Gasteiger partial charge in [0.15, 0.2) is 5.75 Å². The van der Waals surface area contributed by atoms with Gasteiger partial charge in [-0.3, -0.25) is 39.5 Å². The molecule has 270 valence electrons. The Kier molecular flexibility index (Phi) is 9.06. The SMILES string of the molecule is COc1cc(C2CCC(C3CCN(CC4CCN(c5ccc6c(c5)C(=O)N(C5CCC(=O)NC5=O)C6=O)C4)CC3)CC2)c(C2CC2)cc1[N+](=O)[O-]. The van der Waals surface area contributed by atoms with Crippen molar-refractivity contribution < 1.29 is 28.8 Å². The molecule has 0 radical (unpaired) electrons. The number of carbonyl (C=O) groups is 4. The molecule has 2 unspecified atom stereocenters. The first kappa shape index (κ1) is 33.8. The van der Waals surface area contributed by atoms with Crippen LogP contribution in [0.1, 0.15) is 114 Å². The number of hydrogen-bond donors (Lipinski definition) is 1. The first-order valence-corrected chi connectivity index (χ1v) is 18.9. The van der Waals surface area contributed by atoms with Gasteiger partial charge in [0.2, 0.25) is 11.8 Å². The Morgan fingerprint density at radius 3 is 2.14 bits per heavy atom. The van der Waals surface area contributed by atoms with Gasteiger partial charge in [0.05, 0.1) is 23.2 Å². The molecule has 51 heavy (non-hydrogen) atoms. The van der Waals surface area contributed by atoms with E-state index in [9.17, 15) is 29.3 Å². The molecule has 4 heterocycles. The molecule has 3 saturated heterocycles. The number of piperidine rings is 2. The number of rotatable bonds is 9. The molecule has 8 rings (SSSR count). The highest BCUT2D eigenvalue weighted by Gasteiger charge is 2.45. The summed E-state index contributed by atoms with van der Waals surface area (Å²) in [6.07, 6.45) is 10.7. The molecule has 12 heteroatoms. The number of benzene rings is 2. The number of nitrogens with one attached hydrogen (secondary N) is 1. The summed E-state index contributed by atoms with van der Waals surface area (Å²) in [5, 5.41) is 13.9. The summed E-state index contributed by atoms with van der Waals surface area (Å²) in [7, 11) is 1.53. The summed E-state index contributed by atoms with van der Waals surface area (Å²) in [4.78, 5) is 67.8. The predicted molar refractivity (Wildman–Crippen MR) is 189 cm³/mol. The van der Waals surface area contributed by atoms with Crippen LogP contribution in [0, 0.1) is 27.9 Å². The molecule has 2 aromatic rings. The van der Waals surface area contributed by atoms with Crippen LogP contribution in [0.25, 0.3) is 0 Å². The first-order valence-electron chi connectivity index (χ1n) is 18.9. The maximum atomic E-state index is 13.3. The average molecular weight is 698 g/mol. The Bertz CT molecular complexity index is 1760. The summed E-state index contributed by atoms with van der Waals surface area (Å²) in [6.45, 7) is 5.10. The molecule has 4 aliphatic heterocycles. The lowest BCUT2D eigenvalue weighted by Crippen LogP contribution is -2.54. The fourth-order valence-electron chi connectivity index (χ4n) is 9.75. The van der Waals surface area contributed by atoms with Crippen molar-refractivity contribution >= 4 is 35.0 Å². The smallest absolute Gasteiger partial charge is 0.311 e. The second-order valence-corrected chi connectivity index (χ2v) is 15.7. The van der Waals surface area contributed by atoms with Crippen LogP contribution in [-0.4, -0.2) is 84.2 Å². The molecule has 2 aromatic carbocycles. The second-order valence-electron chi connectivity index (χ2n) is 15.7. The fourth-order valence-corrected chi connectivity index (χ4v) is 9.75. The monoisotopic (exact) mass is 697 g/mol. The molecule has 0 bridgehead atoms. The summed E-state index contributed by atoms with van der Waals surface area (Å²) < 4.78 is 5.45. The number of imide groups is 2. The van der Waals surface area contributed by atoms with E-state index in [-0.39, 0.29) is 29.4 Å². The largest absolute Gasteiger partial charge is 0.490 e. The zero-order chi connectivity index (χ0) is 35.4. The molecule has 0 spiro atoms. The number of nitro groups is 1. The van der Waals surface area contributed by atoms with Crippen molar-refractivity contribution in [2.75, 3.05) is 44.7 Å². The molecule has 4 amide bonds. The molecule has 0 aromatic heterocycles. The van der Waals surface area contributed by atoms with E-state index in [0.717, 1.165) is 87.3 Å². The Labute approximate surface area is 298 Å². The van der Waals surface area contributed by atoms with E-state index in [1.54, 1.807) is 18.2 Å². The summed E-state index contributed by atoms with van der Waals surface area (Å²) in [5.74, 6) is 1.41. The van der Waals surface area contributed by atoms with Gasteiger partial charge in [-0.25, -0.2) is 0 Å². The van der Waals surface area contributed by atoms with Crippen LogP contribution in [0.15, 0.2) is 30.3 Å². The van der Waals surface area contributed by atoms with Gasteiger partial charge < -0.3 is 14.5 Å². The number of fused-ring (bicyclic) bond motifs is 1. The first-order chi connectivity index (χ1) is 24.7. The lowest BCUT2D eigenvalue weighted by molar-refractivity contribution is -0.385. The Balaban J connectivity index is 0.821. The highest BCUT2D eigenvalue weighted by atomic mass is 16.6. The van der Waals surface area contributed by atoms with Gasteiger partial charge in [-0.15, -0.1) is 0 Å². The number of carbonyl (C=O) groups excluding carboxylic acids is 4. The minimum Gasteiger partial charge on any atom is -0.490 e. The van der Waals surface area contributed by atoms with E-state index < -0.39 is 23.8 Å². The third-order valence-corrected chi connectivity index (χ3v) is 12.7. The summed E-state index contributed by atoms with van der Waals surface area (Å²) >= 11 is 0. The third-order valence-electron chi connectivity index (χ3n) is 12.7. The number of nitrogens with zero attached hydrogens (tertiary/aromatic N) is 4. The molecule has 2 aliphatic carbocycles. The fraction of sp³-hybridized carbons (Fsp3) is 0.590. The van der Waals surface area contributed by atoms with Crippen molar-refractivity contribution in [2.45, 2.75) is 88.5 Å². The predicted octanol–water partition coefficient (Wildman–Crippen LogP) is 5.39. The number of methoxy groups -OCH3 is 1. The molecular formula is C39H47N5O7. The summed E-state index contributed by atoms with van der Waals surface area (Å²) in [6, 6.07) is 8.23. The molecule has 6 aliphatic rings. The quantitative estimate of drug-likeness (QED) is 0.207. The van der Waals surface area contributed by atoms with Gasteiger partial charge in [0, 0.05) is 37.8 Å². The average Bonchev–Trinajstić information content (AvgIpc) is 3.83. The van der Waals surface area contributed by atoms with Gasteiger partial charge in [0.25, 0.3) is 11.8 Å². The topological polar surface area (TPSA) is 142 Å². The minimum atomic E-state index is -0.957. The third kappa shape index (κ3) is 6.51. The summed E-state index contributed by atoms with van der Waals surface area (Å²) in [5.41, 5.74) is 4.13. The highest BCUT2D eigenvalue weighted by molar-refractivity contribution is 6.23. The van der Waals surface area contributed by atoms with E-state index in [4.69, 9.17) is 4.74 Å². The highest BCUT2D eigenvalue weighted by Crippen LogP contribution is 2.50. The van der Waals surface area contributed by atoms with Crippen molar-refractivity contribution in [3.8, 4) is 5.75 Å². The van der Waals surface area contributed by atoms with Crippen LogP contribution in [-0.2, 0) is 9.59 Å². The van der Waals surface area contributed by atoms with E-state index in [1.165, 1.54) is 43.9 Å². The van der Waals surface area contributed by atoms with Crippen LogP contribution in [0.3, 0.4) is 0 Å². The number of amides is 4. The van der Waals surface area contributed by atoms with Gasteiger partial charge in [-0.1, -0.05) is 0 Å². The number of anilines is 1. The molecule has 2 atom stereocenters. The van der Waals surface area contributed by atoms with Crippen molar-refractivity contribution in [3.05, 3.63) is 62.7 Å². The zero-order valence-corrected chi connectivity index (χ0v) is 29.3. The Hall–Kier alpha value is -4.32. The zero-order valence-electron chi connectivity index (χ0n) is 29.3. The Morgan fingerprint density at radius 1 is 0.804 bits per heavy atom. The minimum absolute atomic E-state index is 0.0893. The van der Waals surface area contributed by atoms with E-state index >= 15 is 0 Å². The van der Waals surface area contributed by atoms with Crippen LogP contribution in [0.2, 0.25) is 0 Å². The molecule has 5 fully saturated rings. The van der Waals surface area contributed by atoms with E-state index in [0.29, 0.717) is 34.6 Å². The van der Waals surface area contributed by atoms with Crippen molar-refractivity contribution in [1.82, 2.24) is 15.1 Å². The second kappa shape index (κ2) is 13.7. The Morgan fingerprint density at radius 2 is 1.47 bits per heavy atom. The molecular weight excluding hydrogens is 650 g/mol. The van der Waals surface area contributed by atoms with Crippen LogP contribution in [0.4, 0.5) is 11.4 Å². The van der Waals surface area contributed by atoms with Gasteiger partial charge >= 0.3 is 5.69 Å². The van der Waals surface area contributed by atoms with Crippen LogP contribution < -0.4 is 15.0 Å². The number of ether oxygens (including phenoxy) is 1. The lowest BCUT2D eigenvalue weighted by atomic mass is 9.70. The van der Waals surface area contributed by atoms with Crippen molar-refractivity contribution in [2.24, 2.45) is 17.8 Å². The van der Waals surface area contributed by atoms with E-state index in [1.807, 2.05) is 12.1 Å². The number of likely N-dealkylation sites (tertiary alicyclic amines) is 1. The van der Waals surface area contributed by atoms with Crippen LogP contribution in [0.5, 0.6) is 5.75 Å². The molecule has 2 saturated carbocycles. The van der Waals surface area contributed by atoms with E-state index in [2.05, 4.69) is 15.1 Å². The van der Waals surface area contributed by atoms with Gasteiger partial charge in [-0.2, -0.15) is 0 Å². The number of nitro benzene ring substituents is 1. The molecule has 1 N–H and O–H groups in total. The van der Waals surface area contributed by atoms with Gasteiger partial charge in [0.1, 0.15) is 6.04 Å². The van der Waals surface area contributed by atoms with Crippen molar-refractivity contribution in [1.29, 1.82) is 0 Å². The maximum absolute atomic E-state index is 13.3. The number of hydrogen-bond acceptors (Lipinski definition) is 9.